The van der Waals surface area contributed by atoms with Crippen LogP contribution < -0.4 is 0 Å². The highest BCUT2D eigenvalue weighted by molar-refractivity contribution is 14.0. The molecule has 0 saturated carbocycles. The van der Waals surface area contributed by atoms with Gasteiger partial charge < -0.3 is 0 Å². The van der Waals surface area contributed by atoms with E-state index < -0.39 is 0 Å². The van der Waals surface area contributed by atoms with Gasteiger partial charge >= 0.3 is 0 Å². The Morgan fingerprint density at radius 2 is 0.500 bits per heavy atom. The molecule has 0 spiro atoms. The molecule has 0 nitrogen and oxygen atoms in total. The van der Waals surface area contributed by atoms with E-state index in [1.54, 1.807) is 0 Å². The molecule has 0 amide bonds. The van der Waals surface area contributed by atoms with E-state index in [2.05, 4.69) is 0 Å². The first kappa shape index (κ1) is 11.5. The molecular formula is C6H8I2. The lowest BCUT2D eigenvalue weighted by Crippen LogP contribution is -1.47. The van der Waals surface area contributed by atoms with Crippen LogP contribution in [0.5, 0.6) is 0 Å². The molecule has 1 aromatic carbocycles. The highest BCUT2D eigenvalue weighted by Gasteiger charge is 1.57. The van der Waals surface area contributed by atoms with Crippen LogP contribution in [0.15, 0.2) is 36.4 Å². The molecular weight excluding hydrogens is 326 g/mol. The van der Waals surface area contributed by atoms with Crippen LogP contribution >= 0.6 is 48.0 Å². The fourth-order valence-corrected chi connectivity index (χ4v) is 0.385. The molecule has 0 aromatic heterocycles. The zero-order valence-electron chi connectivity index (χ0n) is 4.28. The van der Waals surface area contributed by atoms with E-state index in [4.69, 9.17) is 0 Å². The summed E-state index contributed by atoms with van der Waals surface area (Å²) in [5.74, 6) is 0. The molecule has 1 rings (SSSR count). The zero-order valence-corrected chi connectivity index (χ0v) is 8.94. The minimum Gasteiger partial charge on any atom is -0.107 e. The molecule has 2 heteroatoms. The monoisotopic (exact) mass is 334 g/mol. The van der Waals surface area contributed by atoms with Gasteiger partial charge in [0.15, 0.2) is 0 Å². The van der Waals surface area contributed by atoms with Gasteiger partial charge in [-0.1, -0.05) is 36.4 Å². The molecule has 0 radical (unpaired) electrons. The Morgan fingerprint density at radius 3 is 0.625 bits per heavy atom. The third-order valence-electron chi connectivity index (χ3n) is 0.667. The Bertz CT molecular complexity index is 78.5. The van der Waals surface area contributed by atoms with E-state index in [-0.39, 0.29) is 48.0 Å². The van der Waals surface area contributed by atoms with Gasteiger partial charge in [-0.2, -0.15) is 0 Å². The van der Waals surface area contributed by atoms with Gasteiger partial charge in [-0.25, -0.2) is 0 Å². The van der Waals surface area contributed by atoms with Crippen molar-refractivity contribution in [3.8, 4) is 0 Å². The summed E-state index contributed by atoms with van der Waals surface area (Å²) in [4.78, 5) is 0. The second kappa shape index (κ2) is 7.68. The molecule has 0 saturated heterocycles. The van der Waals surface area contributed by atoms with Crippen LogP contribution in [0, 0.1) is 0 Å². The maximum Gasteiger partial charge on any atom is -0.0623 e. The van der Waals surface area contributed by atoms with Crippen molar-refractivity contribution >= 4 is 48.0 Å². The first-order valence-corrected chi connectivity index (χ1v) is 2.00. The van der Waals surface area contributed by atoms with Crippen LogP contribution in [-0.4, -0.2) is 0 Å². The second-order valence-corrected chi connectivity index (χ2v) is 1.15. The van der Waals surface area contributed by atoms with Crippen molar-refractivity contribution in [3.63, 3.8) is 0 Å². The van der Waals surface area contributed by atoms with Crippen LogP contribution in [0.2, 0.25) is 0 Å². The van der Waals surface area contributed by atoms with Gasteiger partial charge in [-0.3, -0.25) is 0 Å². The van der Waals surface area contributed by atoms with E-state index in [0.29, 0.717) is 0 Å². The lowest BCUT2D eigenvalue weighted by atomic mass is 10.4. The van der Waals surface area contributed by atoms with Crippen molar-refractivity contribution in [2.75, 3.05) is 0 Å². The Morgan fingerprint density at radius 1 is 0.375 bits per heavy atom. The van der Waals surface area contributed by atoms with Gasteiger partial charge in [0.25, 0.3) is 0 Å². The van der Waals surface area contributed by atoms with E-state index in [9.17, 15) is 0 Å². The molecule has 1 aromatic rings. The summed E-state index contributed by atoms with van der Waals surface area (Å²) in [7, 11) is 0. The van der Waals surface area contributed by atoms with Crippen LogP contribution in [0.25, 0.3) is 0 Å². The third-order valence-corrected chi connectivity index (χ3v) is 0.667. The maximum atomic E-state index is 2.00. The van der Waals surface area contributed by atoms with E-state index in [0.717, 1.165) is 0 Å². The maximum absolute atomic E-state index is 2.00. The van der Waals surface area contributed by atoms with E-state index in [1.807, 2.05) is 36.4 Å². The molecule has 0 aliphatic rings. The molecule has 0 unspecified atom stereocenters. The van der Waals surface area contributed by atoms with Crippen molar-refractivity contribution in [3.05, 3.63) is 36.4 Å². The Kier molecular flexibility index (Phi) is 11.0. The Hall–Kier alpha value is 0.680. The number of halogens is 2. The predicted octanol–water partition coefficient (Wildman–Crippen LogP) is 2.92. The van der Waals surface area contributed by atoms with Crippen molar-refractivity contribution in [1.29, 1.82) is 0 Å². The molecule has 0 N–H and O–H groups in total. The summed E-state index contributed by atoms with van der Waals surface area (Å²) < 4.78 is 0. The first-order valence-electron chi connectivity index (χ1n) is 2.00. The van der Waals surface area contributed by atoms with E-state index in [1.165, 1.54) is 0 Å². The molecule has 8 heavy (non-hydrogen) atoms. The molecule has 0 bridgehead atoms. The fourth-order valence-electron chi connectivity index (χ4n) is 0.385. The average Bonchev–Trinajstić information content (AvgIpc) is 1.72. The SMILES string of the molecule is I.I.c1ccccc1. The lowest BCUT2D eigenvalue weighted by Gasteiger charge is -1.69. The molecule has 0 heterocycles. The molecule has 46 valence electrons. The van der Waals surface area contributed by atoms with Gasteiger partial charge in [0, 0.05) is 0 Å². The van der Waals surface area contributed by atoms with Crippen molar-refractivity contribution in [2.45, 2.75) is 0 Å². The van der Waals surface area contributed by atoms with Gasteiger partial charge in [-0.15, -0.1) is 48.0 Å². The number of hydrogen-bond acceptors (Lipinski definition) is 0. The van der Waals surface area contributed by atoms with Gasteiger partial charge in [0.1, 0.15) is 0 Å². The summed E-state index contributed by atoms with van der Waals surface area (Å²) >= 11 is 0. The average molecular weight is 334 g/mol. The van der Waals surface area contributed by atoms with Crippen LogP contribution in [0.1, 0.15) is 0 Å². The van der Waals surface area contributed by atoms with Crippen molar-refractivity contribution in [2.24, 2.45) is 0 Å². The van der Waals surface area contributed by atoms with Crippen LogP contribution in [-0.2, 0) is 0 Å². The predicted molar refractivity (Wildman–Crippen MR) is 57.3 cm³/mol. The lowest BCUT2D eigenvalue weighted by molar-refractivity contribution is 1.72. The normalized spacial score (nSPS) is 6.00. The van der Waals surface area contributed by atoms with Crippen molar-refractivity contribution < 1.29 is 0 Å². The fraction of sp³-hybridized carbons (Fsp3) is 0. The summed E-state index contributed by atoms with van der Waals surface area (Å²) in [6, 6.07) is 12.0. The summed E-state index contributed by atoms with van der Waals surface area (Å²) in [5, 5.41) is 0. The van der Waals surface area contributed by atoms with Crippen molar-refractivity contribution in [1.82, 2.24) is 0 Å². The highest BCUT2D eigenvalue weighted by Crippen LogP contribution is 1.79. The molecule has 0 aliphatic heterocycles. The minimum atomic E-state index is 0. The second-order valence-electron chi connectivity index (χ2n) is 1.15. The molecule has 0 fully saturated rings. The number of benzene rings is 1. The largest absolute Gasteiger partial charge is 0.107 e. The third kappa shape index (κ3) is 4.83. The number of hydrogen-bond donors (Lipinski definition) is 0. The standard InChI is InChI=1S/C6H6.2HI/c1-2-4-6-5-3-1;;/h1-6H;2*1H. The Labute approximate surface area is 83.7 Å². The Balaban J connectivity index is 0. The smallest absolute Gasteiger partial charge is 0.0623 e. The summed E-state index contributed by atoms with van der Waals surface area (Å²) in [6.07, 6.45) is 0. The first-order chi connectivity index (χ1) is 3.00. The number of rotatable bonds is 0. The highest BCUT2D eigenvalue weighted by atomic mass is 127. The zero-order chi connectivity index (χ0) is 4.24. The van der Waals surface area contributed by atoms with E-state index >= 15 is 0 Å². The van der Waals surface area contributed by atoms with Crippen LogP contribution in [0.4, 0.5) is 0 Å². The van der Waals surface area contributed by atoms with Crippen LogP contribution in [0.3, 0.4) is 0 Å². The summed E-state index contributed by atoms with van der Waals surface area (Å²) in [5.41, 5.74) is 0. The van der Waals surface area contributed by atoms with Gasteiger partial charge in [0.05, 0.1) is 0 Å². The minimum absolute atomic E-state index is 0. The van der Waals surface area contributed by atoms with Gasteiger partial charge in [-0.05, 0) is 0 Å². The summed E-state index contributed by atoms with van der Waals surface area (Å²) in [6.45, 7) is 0. The molecule has 0 atom stereocenters. The quantitative estimate of drug-likeness (QED) is 0.640. The molecule has 0 aliphatic carbocycles. The van der Waals surface area contributed by atoms with Gasteiger partial charge in [0.2, 0.25) is 0 Å². The topological polar surface area (TPSA) is 0 Å².